The van der Waals surface area contributed by atoms with E-state index in [-0.39, 0.29) is 19.5 Å². The van der Waals surface area contributed by atoms with Crippen LogP contribution in [0.5, 0.6) is 0 Å². The first-order chi connectivity index (χ1) is 31.9. The Morgan fingerprint density at radius 1 is 0.149 bits per heavy atom. The third kappa shape index (κ3) is 14.5. The maximum atomic E-state index is 2.28. The van der Waals surface area contributed by atoms with Gasteiger partial charge in [-0.15, -0.1) is 0 Å². The molecule has 0 aliphatic heterocycles. The molecule has 0 atom stereocenters. The number of aryl methyl sites for hydroxylation is 9. The Morgan fingerprint density at radius 2 is 0.224 bits per heavy atom. The second kappa shape index (κ2) is 24.8. The van der Waals surface area contributed by atoms with E-state index in [1.165, 1.54) is 97.8 Å². The third-order valence-electron chi connectivity index (χ3n) is 11.6. The maximum absolute atomic E-state index is 2.28. The number of benzene rings is 9. The summed E-state index contributed by atoms with van der Waals surface area (Å²) >= 11 is 0. The predicted molar refractivity (Wildman–Crippen MR) is 298 cm³/mol. The first-order valence-electron chi connectivity index (χ1n) is 22.9. The summed E-state index contributed by atoms with van der Waals surface area (Å²) in [5, 5.41) is 12.7. The van der Waals surface area contributed by atoms with E-state index in [1.807, 2.05) is 0 Å². The Bertz CT molecular complexity index is 2220. The average molecular weight is 1010 g/mol. The molecule has 0 aromatic heterocycles. The van der Waals surface area contributed by atoms with Gasteiger partial charge in [0.15, 0.2) is 0 Å². The first kappa shape index (κ1) is 51.3. The minimum absolute atomic E-state index is 0. The predicted octanol–water partition coefficient (Wildman–Crippen LogP) is 13.1. The van der Waals surface area contributed by atoms with E-state index in [2.05, 4.69) is 281 Å². The van der Waals surface area contributed by atoms with Crippen molar-refractivity contribution >= 4 is 71.5 Å². The standard InChI is InChI=1S/3C21H21P.Ru/c3*1-16-4-10-19(11-5-16)22(20-12-6-17(2)7-13-20)21-14-8-18(3)9-15-21;/h3*4-15H,1-3H3;. The van der Waals surface area contributed by atoms with Crippen LogP contribution < -0.4 is 47.7 Å². The molecule has 9 aromatic carbocycles. The van der Waals surface area contributed by atoms with Crippen molar-refractivity contribution < 1.29 is 19.5 Å². The van der Waals surface area contributed by atoms with Gasteiger partial charge in [-0.3, -0.25) is 0 Å². The van der Waals surface area contributed by atoms with E-state index in [0.29, 0.717) is 0 Å². The molecule has 0 N–H and O–H groups in total. The maximum Gasteiger partial charge on any atom is 0 e. The van der Waals surface area contributed by atoms with Gasteiger partial charge >= 0.3 is 0 Å². The Hall–Kier alpha value is -5.11. The van der Waals surface area contributed by atoms with Gasteiger partial charge in [-0.25, -0.2) is 0 Å². The van der Waals surface area contributed by atoms with Crippen molar-refractivity contribution in [3.05, 3.63) is 268 Å². The monoisotopic (exact) mass is 1010 g/mol. The SMILES string of the molecule is Cc1ccc(P(c2ccc(C)cc2)c2ccc(C)cc2)cc1.Cc1ccc(P(c2ccc(C)cc2)c2ccc(C)cc2)cc1.Cc1ccc(P(c2ccc(C)cc2)c2ccc(C)cc2)cc1.[Ru]. The van der Waals surface area contributed by atoms with Crippen LogP contribution in [0.4, 0.5) is 0 Å². The Kier molecular flexibility index (Phi) is 19.0. The van der Waals surface area contributed by atoms with E-state index in [1.54, 1.807) is 0 Å². The van der Waals surface area contributed by atoms with Crippen LogP contribution in [0.3, 0.4) is 0 Å². The molecule has 0 aliphatic carbocycles. The Labute approximate surface area is 419 Å². The van der Waals surface area contributed by atoms with Crippen LogP contribution in [-0.4, -0.2) is 0 Å². The Morgan fingerprint density at radius 3 is 0.299 bits per heavy atom. The van der Waals surface area contributed by atoms with Crippen molar-refractivity contribution in [1.82, 2.24) is 0 Å². The van der Waals surface area contributed by atoms with Gasteiger partial charge in [0, 0.05) is 19.5 Å². The minimum Gasteiger partial charge on any atom is -0.0587 e. The fraction of sp³-hybridized carbons (Fsp3) is 0.143. The van der Waals surface area contributed by atoms with Gasteiger partial charge in [0.2, 0.25) is 0 Å². The molecule has 0 spiro atoms. The molecule has 0 saturated heterocycles. The fourth-order valence-electron chi connectivity index (χ4n) is 7.59. The van der Waals surface area contributed by atoms with Crippen molar-refractivity contribution in [2.45, 2.75) is 62.3 Å². The van der Waals surface area contributed by atoms with Crippen LogP contribution in [-0.2, 0) is 19.5 Å². The average Bonchev–Trinajstić information content (AvgIpc) is 3.33. The molecule has 0 bridgehead atoms. The molecule has 0 radical (unpaired) electrons. The third-order valence-corrected chi connectivity index (χ3v) is 19.0. The van der Waals surface area contributed by atoms with Gasteiger partial charge in [-0.1, -0.05) is 268 Å². The van der Waals surface area contributed by atoms with Crippen molar-refractivity contribution in [3.63, 3.8) is 0 Å². The smallest absolute Gasteiger partial charge is 0 e. The van der Waals surface area contributed by atoms with Crippen LogP contribution in [0.1, 0.15) is 50.1 Å². The van der Waals surface area contributed by atoms with Crippen molar-refractivity contribution in [2.24, 2.45) is 0 Å². The van der Waals surface area contributed by atoms with Gasteiger partial charge in [-0.05, 0) is 134 Å². The molecule has 0 heterocycles. The van der Waals surface area contributed by atoms with E-state index in [4.69, 9.17) is 0 Å². The fourth-order valence-corrected chi connectivity index (χ4v) is 14.3. The molecule has 338 valence electrons. The van der Waals surface area contributed by atoms with Crippen LogP contribution in [0, 0.1) is 62.3 Å². The Balaban J connectivity index is 0.000000165. The molecule has 4 heteroatoms. The summed E-state index contributed by atoms with van der Waals surface area (Å²) in [6.45, 7) is 19.3. The number of hydrogen-bond donors (Lipinski definition) is 0. The molecular weight excluding hydrogens is 951 g/mol. The van der Waals surface area contributed by atoms with E-state index >= 15 is 0 Å². The van der Waals surface area contributed by atoms with E-state index in [9.17, 15) is 0 Å². The quantitative estimate of drug-likeness (QED) is 0.0998. The summed E-state index contributed by atoms with van der Waals surface area (Å²) in [6.07, 6.45) is 0. The van der Waals surface area contributed by atoms with Crippen LogP contribution in [0.15, 0.2) is 218 Å². The van der Waals surface area contributed by atoms with Gasteiger partial charge in [-0.2, -0.15) is 0 Å². The molecule has 0 fully saturated rings. The minimum atomic E-state index is -0.483. The zero-order valence-electron chi connectivity index (χ0n) is 40.5. The van der Waals surface area contributed by atoms with Crippen LogP contribution in [0.2, 0.25) is 0 Å². The molecule has 0 saturated carbocycles. The molecule has 9 rings (SSSR count). The molecule has 0 aliphatic rings. The molecule has 67 heavy (non-hydrogen) atoms. The van der Waals surface area contributed by atoms with Crippen molar-refractivity contribution in [1.29, 1.82) is 0 Å². The second-order valence-electron chi connectivity index (χ2n) is 17.5. The summed E-state index contributed by atoms with van der Waals surface area (Å²) in [4.78, 5) is 0. The van der Waals surface area contributed by atoms with Crippen LogP contribution >= 0.6 is 23.8 Å². The zero-order valence-corrected chi connectivity index (χ0v) is 44.9. The van der Waals surface area contributed by atoms with Crippen molar-refractivity contribution in [3.8, 4) is 0 Å². The largest absolute Gasteiger partial charge is 0.0587 e. The summed E-state index contributed by atoms with van der Waals surface area (Å²) in [6, 6.07) is 80.9. The normalized spacial score (nSPS) is 10.7. The first-order valence-corrected chi connectivity index (χ1v) is 26.9. The number of rotatable bonds is 9. The summed E-state index contributed by atoms with van der Waals surface area (Å²) < 4.78 is 0. The van der Waals surface area contributed by atoms with E-state index in [0.717, 1.165) is 0 Å². The van der Waals surface area contributed by atoms with Gasteiger partial charge in [0.1, 0.15) is 0 Å². The van der Waals surface area contributed by atoms with Crippen LogP contribution in [0.25, 0.3) is 0 Å². The summed E-state index contributed by atoms with van der Waals surface area (Å²) in [5.74, 6) is 0. The van der Waals surface area contributed by atoms with Gasteiger partial charge in [0.05, 0.1) is 0 Å². The zero-order chi connectivity index (χ0) is 46.6. The van der Waals surface area contributed by atoms with Gasteiger partial charge in [0.25, 0.3) is 0 Å². The number of hydrogen-bond acceptors (Lipinski definition) is 0. The van der Waals surface area contributed by atoms with Gasteiger partial charge < -0.3 is 0 Å². The molecule has 9 aromatic rings. The van der Waals surface area contributed by atoms with Crippen molar-refractivity contribution in [2.75, 3.05) is 0 Å². The molecule has 0 nitrogen and oxygen atoms in total. The van der Waals surface area contributed by atoms with E-state index < -0.39 is 23.8 Å². The second-order valence-corrected chi connectivity index (χ2v) is 24.2. The molecular formula is C63H63P3Ru. The molecule has 0 unspecified atom stereocenters. The summed E-state index contributed by atoms with van der Waals surface area (Å²) in [7, 11) is -1.45. The summed E-state index contributed by atoms with van der Waals surface area (Å²) in [5.41, 5.74) is 11.8. The topological polar surface area (TPSA) is 0 Å². The molecule has 0 amide bonds.